The van der Waals surface area contributed by atoms with Crippen LogP contribution < -0.4 is 18.9 Å². The zero-order valence-corrected chi connectivity index (χ0v) is 16.5. The van der Waals surface area contributed by atoms with Gasteiger partial charge in [-0.1, -0.05) is 30.7 Å². The molecule has 0 saturated carbocycles. The van der Waals surface area contributed by atoms with Gasteiger partial charge in [-0.25, -0.2) is 0 Å². The number of hydrogen-bond donors (Lipinski definition) is 0. The SMILES string of the molecule is COc1ccc(C=C(C)C(C)Cc2ccc(OC)c(OC)c2)cc1OC. The molecule has 0 saturated heterocycles. The monoisotopic (exact) mass is 356 g/mol. The molecular weight excluding hydrogens is 328 g/mol. The summed E-state index contributed by atoms with van der Waals surface area (Å²) in [5, 5.41) is 0. The number of allylic oxidation sites excluding steroid dienone is 1. The fourth-order valence-corrected chi connectivity index (χ4v) is 2.87. The molecule has 26 heavy (non-hydrogen) atoms. The van der Waals surface area contributed by atoms with E-state index in [0.29, 0.717) is 5.92 Å². The first-order valence-corrected chi connectivity index (χ1v) is 8.63. The van der Waals surface area contributed by atoms with Gasteiger partial charge in [-0.2, -0.15) is 0 Å². The van der Waals surface area contributed by atoms with Crippen molar-refractivity contribution in [2.24, 2.45) is 5.92 Å². The van der Waals surface area contributed by atoms with E-state index >= 15 is 0 Å². The third-order valence-corrected chi connectivity index (χ3v) is 4.57. The molecule has 1 atom stereocenters. The van der Waals surface area contributed by atoms with Gasteiger partial charge in [-0.15, -0.1) is 0 Å². The second-order valence-electron chi connectivity index (χ2n) is 6.30. The van der Waals surface area contributed by atoms with Gasteiger partial charge in [0.2, 0.25) is 0 Å². The van der Waals surface area contributed by atoms with Crippen LogP contribution in [-0.2, 0) is 6.42 Å². The van der Waals surface area contributed by atoms with Gasteiger partial charge >= 0.3 is 0 Å². The quantitative estimate of drug-likeness (QED) is 0.667. The lowest BCUT2D eigenvalue weighted by molar-refractivity contribution is 0.354. The third kappa shape index (κ3) is 4.72. The van der Waals surface area contributed by atoms with Crippen LogP contribution in [0.15, 0.2) is 42.0 Å². The molecule has 2 rings (SSSR count). The van der Waals surface area contributed by atoms with Crippen molar-refractivity contribution in [3.05, 3.63) is 53.1 Å². The average Bonchev–Trinajstić information content (AvgIpc) is 2.67. The predicted molar refractivity (Wildman–Crippen MR) is 106 cm³/mol. The first-order valence-electron chi connectivity index (χ1n) is 8.63. The van der Waals surface area contributed by atoms with Crippen LogP contribution in [0.5, 0.6) is 23.0 Å². The minimum absolute atomic E-state index is 0.390. The summed E-state index contributed by atoms with van der Waals surface area (Å²) >= 11 is 0. The number of benzene rings is 2. The molecule has 0 heterocycles. The highest BCUT2D eigenvalue weighted by Crippen LogP contribution is 2.31. The molecule has 0 spiro atoms. The Bertz CT molecular complexity index is 765. The van der Waals surface area contributed by atoms with E-state index in [9.17, 15) is 0 Å². The highest BCUT2D eigenvalue weighted by Gasteiger charge is 2.10. The minimum Gasteiger partial charge on any atom is -0.493 e. The van der Waals surface area contributed by atoms with E-state index in [1.807, 2.05) is 30.3 Å². The van der Waals surface area contributed by atoms with Gasteiger partial charge in [-0.05, 0) is 54.7 Å². The maximum atomic E-state index is 5.40. The van der Waals surface area contributed by atoms with Crippen molar-refractivity contribution in [2.45, 2.75) is 20.3 Å². The van der Waals surface area contributed by atoms with Gasteiger partial charge in [0.05, 0.1) is 28.4 Å². The molecule has 0 bridgehead atoms. The molecule has 0 amide bonds. The summed E-state index contributed by atoms with van der Waals surface area (Å²) in [7, 11) is 6.60. The Kier molecular flexibility index (Phi) is 6.96. The van der Waals surface area contributed by atoms with Gasteiger partial charge in [0.25, 0.3) is 0 Å². The van der Waals surface area contributed by atoms with E-state index in [1.165, 1.54) is 11.1 Å². The van der Waals surface area contributed by atoms with Gasteiger partial charge in [0, 0.05) is 0 Å². The van der Waals surface area contributed by atoms with E-state index in [2.05, 4.69) is 26.0 Å². The van der Waals surface area contributed by atoms with Crippen LogP contribution in [0, 0.1) is 5.92 Å². The third-order valence-electron chi connectivity index (χ3n) is 4.57. The van der Waals surface area contributed by atoms with Gasteiger partial charge in [-0.3, -0.25) is 0 Å². The maximum absolute atomic E-state index is 5.40. The number of hydrogen-bond acceptors (Lipinski definition) is 4. The van der Waals surface area contributed by atoms with Gasteiger partial charge in [0.15, 0.2) is 23.0 Å². The standard InChI is InChI=1S/C22H28O4/c1-15(11-17-7-9-19(23-3)21(13-17)25-5)16(2)12-18-8-10-20(24-4)22(14-18)26-6/h7-11,13-14,16H,12H2,1-6H3. The smallest absolute Gasteiger partial charge is 0.161 e. The van der Waals surface area contributed by atoms with Gasteiger partial charge in [0.1, 0.15) is 0 Å². The molecule has 0 radical (unpaired) electrons. The van der Waals surface area contributed by atoms with E-state index < -0.39 is 0 Å². The molecule has 0 aromatic heterocycles. The Morgan fingerprint density at radius 1 is 0.808 bits per heavy atom. The molecular formula is C22H28O4. The van der Waals surface area contributed by atoms with Crippen LogP contribution in [-0.4, -0.2) is 28.4 Å². The Labute approximate surface area is 156 Å². The largest absolute Gasteiger partial charge is 0.493 e. The molecule has 0 N–H and O–H groups in total. The minimum atomic E-state index is 0.390. The molecule has 0 aliphatic carbocycles. The summed E-state index contributed by atoms with van der Waals surface area (Å²) in [6.07, 6.45) is 3.11. The van der Waals surface area contributed by atoms with E-state index in [0.717, 1.165) is 35.0 Å². The fraction of sp³-hybridized carbons (Fsp3) is 0.364. The van der Waals surface area contributed by atoms with E-state index in [4.69, 9.17) is 18.9 Å². The van der Waals surface area contributed by atoms with Crippen LogP contribution in [0.4, 0.5) is 0 Å². The van der Waals surface area contributed by atoms with Crippen molar-refractivity contribution in [3.63, 3.8) is 0 Å². The summed E-state index contributed by atoms with van der Waals surface area (Å²) in [6, 6.07) is 12.0. The molecule has 0 aliphatic heterocycles. The summed E-state index contributed by atoms with van der Waals surface area (Å²) < 4.78 is 21.4. The van der Waals surface area contributed by atoms with Crippen LogP contribution in [0.3, 0.4) is 0 Å². The number of ether oxygens (including phenoxy) is 4. The summed E-state index contributed by atoms with van der Waals surface area (Å²) in [6.45, 7) is 4.38. The lowest BCUT2D eigenvalue weighted by atomic mass is 9.93. The first-order chi connectivity index (χ1) is 12.5. The number of rotatable bonds is 8. The highest BCUT2D eigenvalue weighted by molar-refractivity contribution is 5.58. The van der Waals surface area contributed by atoms with Crippen molar-refractivity contribution in [2.75, 3.05) is 28.4 Å². The molecule has 0 fully saturated rings. The molecule has 2 aromatic rings. The zero-order valence-electron chi connectivity index (χ0n) is 16.5. The Hall–Kier alpha value is -2.62. The van der Waals surface area contributed by atoms with Crippen molar-refractivity contribution < 1.29 is 18.9 Å². The zero-order chi connectivity index (χ0) is 19.1. The van der Waals surface area contributed by atoms with Crippen LogP contribution in [0.2, 0.25) is 0 Å². The predicted octanol–water partition coefficient (Wildman–Crippen LogP) is 5.00. The normalized spacial score (nSPS) is 12.5. The van der Waals surface area contributed by atoms with Gasteiger partial charge < -0.3 is 18.9 Å². The Morgan fingerprint density at radius 2 is 1.35 bits per heavy atom. The molecule has 0 aliphatic rings. The van der Waals surface area contributed by atoms with Crippen LogP contribution in [0.1, 0.15) is 25.0 Å². The van der Waals surface area contributed by atoms with Crippen molar-refractivity contribution in [1.29, 1.82) is 0 Å². The van der Waals surface area contributed by atoms with E-state index in [-0.39, 0.29) is 0 Å². The van der Waals surface area contributed by atoms with Crippen molar-refractivity contribution in [1.82, 2.24) is 0 Å². The second-order valence-corrected chi connectivity index (χ2v) is 6.30. The Balaban J connectivity index is 2.16. The molecule has 140 valence electrons. The van der Waals surface area contributed by atoms with Crippen molar-refractivity contribution >= 4 is 6.08 Å². The lowest BCUT2D eigenvalue weighted by Gasteiger charge is -2.15. The van der Waals surface area contributed by atoms with E-state index in [1.54, 1.807) is 28.4 Å². The summed E-state index contributed by atoms with van der Waals surface area (Å²) in [4.78, 5) is 0. The van der Waals surface area contributed by atoms with Crippen LogP contribution in [0.25, 0.3) is 6.08 Å². The fourth-order valence-electron chi connectivity index (χ4n) is 2.87. The molecule has 4 heteroatoms. The first kappa shape index (κ1) is 19.7. The molecule has 1 unspecified atom stereocenters. The topological polar surface area (TPSA) is 36.9 Å². The Morgan fingerprint density at radius 3 is 1.92 bits per heavy atom. The lowest BCUT2D eigenvalue weighted by Crippen LogP contribution is -2.02. The average molecular weight is 356 g/mol. The maximum Gasteiger partial charge on any atom is 0.161 e. The number of methoxy groups -OCH3 is 4. The molecule has 4 nitrogen and oxygen atoms in total. The van der Waals surface area contributed by atoms with Crippen molar-refractivity contribution in [3.8, 4) is 23.0 Å². The van der Waals surface area contributed by atoms with Crippen LogP contribution >= 0.6 is 0 Å². The second kappa shape index (κ2) is 9.18. The molecule has 2 aromatic carbocycles. The highest BCUT2D eigenvalue weighted by atomic mass is 16.5. The summed E-state index contributed by atoms with van der Waals surface area (Å²) in [5.74, 6) is 3.38. The summed E-state index contributed by atoms with van der Waals surface area (Å²) in [5.41, 5.74) is 3.61.